The van der Waals surface area contributed by atoms with E-state index >= 15 is 0 Å². The lowest BCUT2D eigenvalue weighted by Gasteiger charge is -2.00. The van der Waals surface area contributed by atoms with Gasteiger partial charge in [0.05, 0.1) is 6.26 Å². The second kappa shape index (κ2) is 6.83. The maximum absolute atomic E-state index is 11.0. The third-order valence-electron chi connectivity index (χ3n) is 2.82. The Kier molecular flexibility index (Phi) is 5.42. The molecule has 0 aliphatic rings. The second-order valence-corrected chi connectivity index (χ2v) is 4.24. The van der Waals surface area contributed by atoms with Gasteiger partial charge < -0.3 is 14.6 Å². The summed E-state index contributed by atoms with van der Waals surface area (Å²) in [5.74, 6) is -3.07. The zero-order valence-electron chi connectivity index (χ0n) is 10.4. The number of hydrogen-bond acceptors (Lipinski definition) is 3. The fourth-order valence-electron chi connectivity index (χ4n) is 1.89. The number of aromatic carboxylic acids is 2. The molecule has 0 aromatic carbocycles. The highest BCUT2D eigenvalue weighted by Crippen LogP contribution is 2.20. The summed E-state index contributed by atoms with van der Waals surface area (Å²) in [4.78, 5) is 21.8. The Morgan fingerprint density at radius 1 is 1.11 bits per heavy atom. The molecule has 0 bridgehead atoms. The number of carboxylic acids is 2. The standard InChI is InChI=1S/C13H18O5/c1-2-3-4-5-6-7-9-8-18-11(13(16)17)10(9)12(14)15/h8H,2-7H2,1H3,(H,14,15)(H,16,17). The molecular formula is C13H18O5. The van der Waals surface area contributed by atoms with E-state index in [0.29, 0.717) is 12.0 Å². The molecule has 5 heteroatoms. The van der Waals surface area contributed by atoms with E-state index < -0.39 is 17.7 Å². The number of hydrogen-bond donors (Lipinski definition) is 2. The van der Waals surface area contributed by atoms with Crippen molar-refractivity contribution < 1.29 is 24.2 Å². The molecule has 1 rings (SSSR count). The van der Waals surface area contributed by atoms with Crippen molar-refractivity contribution in [3.05, 3.63) is 23.2 Å². The van der Waals surface area contributed by atoms with Crippen LogP contribution in [-0.2, 0) is 6.42 Å². The van der Waals surface area contributed by atoms with Crippen LogP contribution >= 0.6 is 0 Å². The van der Waals surface area contributed by atoms with E-state index in [0.717, 1.165) is 32.1 Å². The monoisotopic (exact) mass is 254 g/mol. The number of carbonyl (C=O) groups is 2. The van der Waals surface area contributed by atoms with E-state index in [2.05, 4.69) is 6.92 Å². The second-order valence-electron chi connectivity index (χ2n) is 4.24. The van der Waals surface area contributed by atoms with Crippen molar-refractivity contribution in [2.45, 2.75) is 45.4 Å². The van der Waals surface area contributed by atoms with Crippen LogP contribution in [0.2, 0.25) is 0 Å². The first-order chi connectivity index (χ1) is 8.57. The molecule has 0 fully saturated rings. The number of rotatable bonds is 8. The molecule has 0 aliphatic carbocycles. The highest BCUT2D eigenvalue weighted by molar-refractivity contribution is 6.00. The maximum atomic E-state index is 11.0. The van der Waals surface area contributed by atoms with Gasteiger partial charge in [-0.25, -0.2) is 9.59 Å². The molecule has 0 saturated heterocycles. The SMILES string of the molecule is CCCCCCCc1coc(C(=O)O)c1C(=O)O. The number of aryl methyl sites for hydroxylation is 1. The normalized spacial score (nSPS) is 10.5. The molecule has 0 saturated carbocycles. The Labute approximate surface area is 105 Å². The summed E-state index contributed by atoms with van der Waals surface area (Å²) in [7, 11) is 0. The van der Waals surface area contributed by atoms with E-state index in [-0.39, 0.29) is 5.56 Å². The van der Waals surface area contributed by atoms with E-state index in [4.69, 9.17) is 14.6 Å². The minimum Gasteiger partial charge on any atom is -0.478 e. The minimum absolute atomic E-state index is 0.210. The summed E-state index contributed by atoms with van der Waals surface area (Å²) in [5, 5.41) is 17.8. The van der Waals surface area contributed by atoms with Gasteiger partial charge in [-0.15, -0.1) is 0 Å². The predicted octanol–water partition coefficient (Wildman–Crippen LogP) is 3.19. The molecule has 1 aromatic rings. The largest absolute Gasteiger partial charge is 0.478 e. The molecule has 5 nitrogen and oxygen atoms in total. The molecule has 0 atom stereocenters. The Hall–Kier alpha value is -1.78. The van der Waals surface area contributed by atoms with Crippen LogP contribution in [-0.4, -0.2) is 22.2 Å². The molecule has 1 heterocycles. The van der Waals surface area contributed by atoms with E-state index in [1.54, 1.807) is 0 Å². The first-order valence-electron chi connectivity index (χ1n) is 6.14. The van der Waals surface area contributed by atoms with Crippen LogP contribution in [0.4, 0.5) is 0 Å². The van der Waals surface area contributed by atoms with Crippen molar-refractivity contribution >= 4 is 11.9 Å². The molecule has 0 unspecified atom stereocenters. The average molecular weight is 254 g/mol. The smallest absolute Gasteiger partial charge is 0.372 e. The fraction of sp³-hybridized carbons (Fsp3) is 0.538. The molecule has 2 N–H and O–H groups in total. The molecule has 18 heavy (non-hydrogen) atoms. The van der Waals surface area contributed by atoms with Gasteiger partial charge in [0.25, 0.3) is 0 Å². The van der Waals surface area contributed by atoms with Crippen LogP contribution in [0.3, 0.4) is 0 Å². The van der Waals surface area contributed by atoms with E-state index in [1.807, 2.05) is 0 Å². The van der Waals surface area contributed by atoms with E-state index in [1.165, 1.54) is 6.26 Å². The van der Waals surface area contributed by atoms with Gasteiger partial charge in [-0.3, -0.25) is 0 Å². The number of carboxylic acid groups (broad SMARTS) is 2. The number of furan rings is 1. The van der Waals surface area contributed by atoms with Crippen molar-refractivity contribution in [1.29, 1.82) is 0 Å². The van der Waals surface area contributed by atoms with Crippen LogP contribution in [0.15, 0.2) is 10.7 Å². The lowest BCUT2D eigenvalue weighted by molar-refractivity contribution is 0.0625. The van der Waals surface area contributed by atoms with Gasteiger partial charge in [-0.05, 0) is 12.8 Å². The maximum Gasteiger partial charge on any atom is 0.372 e. The first-order valence-corrected chi connectivity index (χ1v) is 6.14. The number of unbranched alkanes of at least 4 members (excludes halogenated alkanes) is 4. The molecule has 0 radical (unpaired) electrons. The Morgan fingerprint density at radius 2 is 1.78 bits per heavy atom. The van der Waals surface area contributed by atoms with Gasteiger partial charge in [0, 0.05) is 5.56 Å². The molecule has 1 aromatic heterocycles. The highest BCUT2D eigenvalue weighted by Gasteiger charge is 2.24. The van der Waals surface area contributed by atoms with Crippen molar-refractivity contribution in [2.24, 2.45) is 0 Å². The van der Waals surface area contributed by atoms with Gasteiger partial charge >= 0.3 is 11.9 Å². The predicted molar refractivity (Wildman–Crippen MR) is 65.1 cm³/mol. The van der Waals surface area contributed by atoms with Crippen LogP contribution in [0.5, 0.6) is 0 Å². The summed E-state index contributed by atoms with van der Waals surface area (Å²) >= 11 is 0. The molecule has 0 spiro atoms. The van der Waals surface area contributed by atoms with E-state index in [9.17, 15) is 9.59 Å². The quantitative estimate of drug-likeness (QED) is 0.695. The molecule has 100 valence electrons. The van der Waals surface area contributed by atoms with Gasteiger partial charge in [-0.1, -0.05) is 32.6 Å². The van der Waals surface area contributed by atoms with Crippen molar-refractivity contribution in [3.63, 3.8) is 0 Å². The Morgan fingerprint density at radius 3 is 2.33 bits per heavy atom. The van der Waals surface area contributed by atoms with Crippen molar-refractivity contribution in [3.8, 4) is 0 Å². The third kappa shape index (κ3) is 3.61. The zero-order valence-corrected chi connectivity index (χ0v) is 10.4. The van der Waals surface area contributed by atoms with Crippen LogP contribution in [0, 0.1) is 0 Å². The fourth-order valence-corrected chi connectivity index (χ4v) is 1.89. The Balaban J connectivity index is 2.65. The van der Waals surface area contributed by atoms with Gasteiger partial charge in [0.2, 0.25) is 5.76 Å². The van der Waals surface area contributed by atoms with Gasteiger partial charge in [-0.2, -0.15) is 0 Å². The topological polar surface area (TPSA) is 87.7 Å². The third-order valence-corrected chi connectivity index (χ3v) is 2.82. The van der Waals surface area contributed by atoms with Crippen molar-refractivity contribution in [1.82, 2.24) is 0 Å². The highest BCUT2D eigenvalue weighted by atomic mass is 16.4. The summed E-state index contributed by atoms with van der Waals surface area (Å²) in [6, 6.07) is 0. The van der Waals surface area contributed by atoms with Gasteiger partial charge in [0.1, 0.15) is 5.56 Å². The van der Waals surface area contributed by atoms with Crippen LogP contribution < -0.4 is 0 Å². The molecule has 0 aliphatic heterocycles. The lowest BCUT2D eigenvalue weighted by Crippen LogP contribution is -2.07. The Bertz CT molecular complexity index is 419. The van der Waals surface area contributed by atoms with Crippen LogP contribution in [0.1, 0.15) is 65.5 Å². The summed E-state index contributed by atoms with van der Waals surface area (Å²) < 4.78 is 4.82. The van der Waals surface area contributed by atoms with Crippen LogP contribution in [0.25, 0.3) is 0 Å². The summed E-state index contributed by atoms with van der Waals surface area (Å²) in [5.41, 5.74) is 0.259. The molecular weight excluding hydrogens is 236 g/mol. The minimum atomic E-state index is -1.34. The average Bonchev–Trinajstić information content (AvgIpc) is 2.72. The van der Waals surface area contributed by atoms with Gasteiger partial charge in [0.15, 0.2) is 0 Å². The summed E-state index contributed by atoms with van der Waals surface area (Å²) in [6.45, 7) is 2.12. The van der Waals surface area contributed by atoms with Crippen molar-refractivity contribution in [2.75, 3.05) is 0 Å². The first kappa shape index (κ1) is 14.3. The molecule has 0 amide bonds. The lowest BCUT2D eigenvalue weighted by atomic mass is 10.0. The summed E-state index contributed by atoms with van der Waals surface area (Å²) in [6.07, 6.45) is 7.07. The zero-order chi connectivity index (χ0) is 13.5.